The number of imidazole rings is 1. The van der Waals surface area contributed by atoms with Gasteiger partial charge in [-0.1, -0.05) is 6.42 Å². The fraction of sp³-hybridized carbons (Fsp3) is 0.455. The summed E-state index contributed by atoms with van der Waals surface area (Å²) in [5, 5.41) is 3.22. The van der Waals surface area contributed by atoms with E-state index in [4.69, 9.17) is 0 Å². The third kappa shape index (κ3) is 3.79. The molecule has 1 N–H and O–H groups in total. The molecule has 11 heteroatoms. The van der Waals surface area contributed by atoms with Crippen LogP contribution in [0, 0.1) is 11.2 Å². The molecule has 1 saturated carbocycles. The number of piperidine rings is 1. The standard InChI is InChI=1S/C22H22F4N6O/c23-14-4-5-18-28-11-16(32(18)12-14)19-27-9-6-17(30-19)29-15-3-1-10-31(13-15)20(33)21(7-2-8-21)22(24,25)26/h4-6,9,11-12,15H,1-3,7-8,10,13H2,(H,27,29,30). The Balaban J connectivity index is 1.33. The number of alkyl halides is 3. The Bertz CT molecular complexity index is 1190. The van der Waals surface area contributed by atoms with Crippen molar-refractivity contribution in [2.24, 2.45) is 5.41 Å². The SMILES string of the molecule is O=C(N1CCCC(Nc2ccnc(-c3cnc4ccc(F)cn34)n2)C1)C1(C(F)(F)F)CCC1. The number of nitrogens with one attached hydrogen (secondary N) is 1. The fourth-order valence-corrected chi connectivity index (χ4v) is 4.62. The summed E-state index contributed by atoms with van der Waals surface area (Å²) >= 11 is 0. The Morgan fingerprint density at radius 2 is 1.97 bits per heavy atom. The Morgan fingerprint density at radius 1 is 1.15 bits per heavy atom. The Morgan fingerprint density at radius 3 is 2.70 bits per heavy atom. The molecular formula is C22H22F4N6O. The van der Waals surface area contributed by atoms with Crippen molar-refractivity contribution in [3.05, 3.63) is 42.6 Å². The monoisotopic (exact) mass is 462 g/mol. The van der Waals surface area contributed by atoms with Crippen LogP contribution in [0.15, 0.2) is 36.8 Å². The third-order valence-electron chi connectivity index (χ3n) is 6.57. The van der Waals surface area contributed by atoms with Crippen molar-refractivity contribution >= 4 is 17.4 Å². The largest absolute Gasteiger partial charge is 0.403 e. The van der Waals surface area contributed by atoms with Gasteiger partial charge in [0.2, 0.25) is 5.91 Å². The topological polar surface area (TPSA) is 75.4 Å². The number of halogens is 4. The van der Waals surface area contributed by atoms with Crippen LogP contribution in [-0.2, 0) is 4.79 Å². The number of anilines is 1. The molecule has 2 fully saturated rings. The van der Waals surface area contributed by atoms with Crippen LogP contribution >= 0.6 is 0 Å². The van der Waals surface area contributed by atoms with Crippen LogP contribution in [0.4, 0.5) is 23.4 Å². The van der Waals surface area contributed by atoms with E-state index < -0.39 is 23.3 Å². The number of fused-ring (bicyclic) bond motifs is 1. The smallest absolute Gasteiger partial charge is 0.365 e. The molecule has 5 rings (SSSR count). The van der Waals surface area contributed by atoms with E-state index in [0.717, 1.165) is 0 Å². The van der Waals surface area contributed by atoms with E-state index in [1.54, 1.807) is 28.9 Å². The van der Waals surface area contributed by atoms with Gasteiger partial charge in [-0.25, -0.2) is 19.3 Å². The van der Waals surface area contributed by atoms with Crippen molar-refractivity contribution in [2.45, 2.75) is 44.3 Å². The minimum Gasteiger partial charge on any atom is -0.365 e. The molecule has 0 aromatic carbocycles. The first-order chi connectivity index (χ1) is 15.8. The number of amides is 1. The minimum absolute atomic E-state index is 0.140. The Kier molecular flexibility index (Phi) is 5.21. The highest BCUT2D eigenvalue weighted by molar-refractivity contribution is 5.84. The van der Waals surface area contributed by atoms with E-state index in [2.05, 4.69) is 20.3 Å². The lowest BCUT2D eigenvalue weighted by Gasteiger charge is -2.46. The van der Waals surface area contributed by atoms with Gasteiger partial charge in [0, 0.05) is 31.5 Å². The molecule has 3 aromatic heterocycles. The molecule has 1 unspecified atom stereocenters. The molecule has 2 aliphatic rings. The van der Waals surface area contributed by atoms with Crippen molar-refractivity contribution in [2.75, 3.05) is 18.4 Å². The van der Waals surface area contributed by atoms with Crippen LogP contribution < -0.4 is 5.32 Å². The van der Waals surface area contributed by atoms with E-state index >= 15 is 0 Å². The summed E-state index contributed by atoms with van der Waals surface area (Å²) in [6, 6.07) is 4.27. The second kappa shape index (κ2) is 7.96. The van der Waals surface area contributed by atoms with Gasteiger partial charge < -0.3 is 10.2 Å². The third-order valence-corrected chi connectivity index (χ3v) is 6.57. The zero-order valence-corrected chi connectivity index (χ0v) is 17.6. The molecule has 0 radical (unpaired) electrons. The summed E-state index contributed by atoms with van der Waals surface area (Å²) in [6.07, 6.45) is 1.29. The average Bonchev–Trinajstić information content (AvgIpc) is 3.15. The zero-order valence-electron chi connectivity index (χ0n) is 17.6. The molecule has 7 nitrogen and oxygen atoms in total. The van der Waals surface area contributed by atoms with E-state index in [1.165, 1.54) is 17.2 Å². The van der Waals surface area contributed by atoms with Crippen LogP contribution in [-0.4, -0.2) is 55.5 Å². The average molecular weight is 462 g/mol. The summed E-state index contributed by atoms with van der Waals surface area (Å²) in [5.41, 5.74) is -1.18. The number of rotatable bonds is 4. The normalized spacial score (nSPS) is 20.5. The summed E-state index contributed by atoms with van der Waals surface area (Å²) in [5.74, 6) is -0.442. The maximum Gasteiger partial charge on any atom is 0.403 e. The van der Waals surface area contributed by atoms with Gasteiger partial charge in [-0.05, 0) is 43.9 Å². The second-order valence-electron chi connectivity index (χ2n) is 8.65. The van der Waals surface area contributed by atoms with Crippen LogP contribution in [0.1, 0.15) is 32.1 Å². The van der Waals surface area contributed by atoms with Crippen LogP contribution in [0.5, 0.6) is 0 Å². The van der Waals surface area contributed by atoms with Gasteiger partial charge in [0.1, 0.15) is 28.4 Å². The van der Waals surface area contributed by atoms with Crippen molar-refractivity contribution in [1.29, 1.82) is 0 Å². The van der Waals surface area contributed by atoms with Crippen molar-refractivity contribution < 1.29 is 22.4 Å². The quantitative estimate of drug-likeness (QED) is 0.592. The van der Waals surface area contributed by atoms with Crippen LogP contribution in [0.2, 0.25) is 0 Å². The van der Waals surface area contributed by atoms with Gasteiger partial charge in [0.25, 0.3) is 0 Å². The molecule has 4 heterocycles. The molecule has 1 amide bonds. The summed E-state index contributed by atoms with van der Waals surface area (Å²) in [7, 11) is 0. The summed E-state index contributed by atoms with van der Waals surface area (Å²) in [6.45, 7) is 0.494. The first-order valence-electron chi connectivity index (χ1n) is 10.9. The Labute approximate surface area is 186 Å². The van der Waals surface area contributed by atoms with E-state index in [-0.39, 0.29) is 25.4 Å². The minimum atomic E-state index is -4.53. The molecule has 33 heavy (non-hydrogen) atoms. The highest BCUT2D eigenvalue weighted by atomic mass is 19.4. The molecule has 1 atom stereocenters. The highest BCUT2D eigenvalue weighted by Gasteiger charge is 2.64. The molecule has 1 aliphatic carbocycles. The van der Waals surface area contributed by atoms with Gasteiger partial charge in [0.05, 0.1) is 6.20 Å². The van der Waals surface area contributed by atoms with Gasteiger partial charge in [-0.3, -0.25) is 9.20 Å². The van der Waals surface area contributed by atoms with Gasteiger partial charge >= 0.3 is 6.18 Å². The van der Waals surface area contributed by atoms with Gasteiger partial charge in [-0.15, -0.1) is 0 Å². The highest BCUT2D eigenvalue weighted by Crippen LogP contribution is 2.54. The lowest BCUT2D eigenvalue weighted by Crippen LogP contribution is -2.58. The lowest BCUT2D eigenvalue weighted by atomic mass is 9.67. The number of hydrogen-bond donors (Lipinski definition) is 1. The second-order valence-corrected chi connectivity index (χ2v) is 8.65. The molecule has 1 saturated heterocycles. The van der Waals surface area contributed by atoms with Crippen LogP contribution in [0.25, 0.3) is 17.2 Å². The van der Waals surface area contributed by atoms with E-state index in [1.807, 2.05) is 0 Å². The zero-order chi connectivity index (χ0) is 23.2. The number of likely N-dealkylation sites (tertiary alicyclic amines) is 1. The van der Waals surface area contributed by atoms with Crippen molar-refractivity contribution in [1.82, 2.24) is 24.3 Å². The van der Waals surface area contributed by atoms with E-state index in [0.29, 0.717) is 48.8 Å². The molecule has 3 aromatic rings. The number of carbonyl (C=O) groups is 1. The first-order valence-corrected chi connectivity index (χ1v) is 10.9. The number of pyridine rings is 1. The van der Waals surface area contributed by atoms with E-state index in [9.17, 15) is 22.4 Å². The maximum atomic E-state index is 13.7. The molecular weight excluding hydrogens is 440 g/mol. The van der Waals surface area contributed by atoms with Crippen molar-refractivity contribution in [3.63, 3.8) is 0 Å². The van der Waals surface area contributed by atoms with Gasteiger partial charge in [0.15, 0.2) is 5.82 Å². The van der Waals surface area contributed by atoms with Crippen molar-refractivity contribution in [3.8, 4) is 11.5 Å². The fourth-order valence-electron chi connectivity index (χ4n) is 4.62. The molecule has 0 spiro atoms. The van der Waals surface area contributed by atoms with Gasteiger partial charge in [-0.2, -0.15) is 13.2 Å². The summed E-state index contributed by atoms with van der Waals surface area (Å²) in [4.78, 5) is 27.1. The predicted molar refractivity (Wildman–Crippen MR) is 112 cm³/mol. The predicted octanol–water partition coefficient (Wildman–Crippen LogP) is 4.07. The summed E-state index contributed by atoms with van der Waals surface area (Å²) < 4.78 is 56.1. The number of hydrogen-bond acceptors (Lipinski definition) is 5. The number of nitrogens with zero attached hydrogens (tertiary/aromatic N) is 5. The molecule has 1 aliphatic heterocycles. The Hall–Kier alpha value is -3.24. The molecule has 174 valence electrons. The number of aromatic nitrogens is 4. The molecule has 0 bridgehead atoms. The lowest BCUT2D eigenvalue weighted by molar-refractivity contribution is -0.248. The first kappa shape index (κ1) is 21.6. The van der Waals surface area contributed by atoms with Crippen LogP contribution in [0.3, 0.4) is 0 Å². The number of carbonyl (C=O) groups excluding carboxylic acids is 1. The maximum absolute atomic E-state index is 13.7.